The van der Waals surface area contributed by atoms with Crippen molar-refractivity contribution in [2.75, 3.05) is 6.54 Å². The predicted molar refractivity (Wildman–Crippen MR) is 95.3 cm³/mol. The third-order valence-electron chi connectivity index (χ3n) is 4.76. The van der Waals surface area contributed by atoms with E-state index in [1.165, 1.54) is 18.9 Å². The number of carbonyl (C=O) groups excluding carboxylic acids is 1. The van der Waals surface area contributed by atoms with Crippen molar-refractivity contribution in [3.8, 4) is 0 Å². The summed E-state index contributed by atoms with van der Waals surface area (Å²) in [4.78, 5) is 12.1. The molecule has 23 heavy (non-hydrogen) atoms. The molecule has 1 aromatic rings. The lowest BCUT2D eigenvalue weighted by atomic mass is 9.89. The molecule has 2 saturated heterocycles. The normalized spacial score (nSPS) is 25.7. The van der Waals surface area contributed by atoms with E-state index in [1.54, 1.807) is 12.1 Å². The van der Waals surface area contributed by atoms with Crippen LogP contribution < -0.4 is 10.6 Å². The fourth-order valence-corrected chi connectivity index (χ4v) is 4.14. The topological polar surface area (TPSA) is 41.1 Å². The first kappa shape index (κ1) is 18.7. The second kappa shape index (κ2) is 8.45. The highest BCUT2D eigenvalue weighted by atomic mass is 79.9. The molecule has 2 heterocycles. The molecule has 0 aliphatic carbocycles. The minimum Gasteiger partial charge on any atom is -0.356 e. The van der Waals surface area contributed by atoms with Crippen LogP contribution in [0.4, 0.5) is 4.39 Å². The molecule has 1 aromatic carbocycles. The number of benzene rings is 1. The highest BCUT2D eigenvalue weighted by Gasteiger charge is 2.33. The molecule has 0 aromatic heterocycles. The van der Waals surface area contributed by atoms with Gasteiger partial charge in [-0.25, -0.2) is 4.39 Å². The molecule has 1 amide bonds. The van der Waals surface area contributed by atoms with Gasteiger partial charge in [-0.15, -0.1) is 12.4 Å². The fourth-order valence-electron chi connectivity index (χ4n) is 3.72. The Morgan fingerprint density at radius 2 is 2.00 bits per heavy atom. The van der Waals surface area contributed by atoms with Crippen molar-refractivity contribution in [3.05, 3.63) is 34.1 Å². The summed E-state index contributed by atoms with van der Waals surface area (Å²) in [6, 6.07) is 6.25. The molecule has 2 N–H and O–H groups in total. The van der Waals surface area contributed by atoms with Gasteiger partial charge < -0.3 is 10.6 Å². The number of halogens is 3. The quantitative estimate of drug-likeness (QED) is 0.786. The van der Waals surface area contributed by atoms with E-state index in [4.69, 9.17) is 0 Å². The number of amides is 1. The van der Waals surface area contributed by atoms with Gasteiger partial charge in [-0.3, -0.25) is 4.79 Å². The Balaban J connectivity index is 0.00000192. The van der Waals surface area contributed by atoms with E-state index in [2.05, 4.69) is 26.6 Å². The molecule has 3 nitrogen and oxygen atoms in total. The Bertz CT molecular complexity index is 545. The van der Waals surface area contributed by atoms with Gasteiger partial charge in [0.05, 0.1) is 4.47 Å². The van der Waals surface area contributed by atoms with Gasteiger partial charge in [0.15, 0.2) is 0 Å². The molecule has 2 aliphatic heterocycles. The van der Waals surface area contributed by atoms with Crippen LogP contribution in [0.1, 0.15) is 37.7 Å². The Hall–Kier alpha value is -0.650. The molecule has 2 aliphatic rings. The average molecular weight is 406 g/mol. The molecule has 2 bridgehead atoms. The van der Waals surface area contributed by atoms with Crippen LogP contribution in [0.5, 0.6) is 0 Å². The lowest BCUT2D eigenvalue weighted by Crippen LogP contribution is -2.39. The van der Waals surface area contributed by atoms with Gasteiger partial charge in [-0.05, 0) is 71.6 Å². The smallest absolute Gasteiger partial charge is 0.220 e. The van der Waals surface area contributed by atoms with Crippen molar-refractivity contribution in [1.82, 2.24) is 10.6 Å². The van der Waals surface area contributed by atoms with Crippen molar-refractivity contribution in [3.63, 3.8) is 0 Å². The predicted octanol–water partition coefficient (Wildman–Crippen LogP) is 3.59. The van der Waals surface area contributed by atoms with E-state index in [1.807, 2.05) is 0 Å². The third kappa shape index (κ3) is 5.16. The molecule has 2 atom stereocenters. The SMILES string of the molecule is Cl.O=C(CC1CC2CCC(C1)N2)NCCc1ccc(F)c(Br)c1. The summed E-state index contributed by atoms with van der Waals surface area (Å²) in [6.07, 6.45) is 6.16. The fraction of sp³-hybridized carbons (Fsp3) is 0.588. The molecule has 3 rings (SSSR count). The van der Waals surface area contributed by atoms with E-state index < -0.39 is 0 Å². The van der Waals surface area contributed by atoms with Gasteiger partial charge in [-0.1, -0.05) is 6.07 Å². The van der Waals surface area contributed by atoms with Crippen LogP contribution in [0.3, 0.4) is 0 Å². The van der Waals surface area contributed by atoms with Crippen LogP contribution in [0.15, 0.2) is 22.7 Å². The molecule has 0 spiro atoms. The summed E-state index contributed by atoms with van der Waals surface area (Å²) in [7, 11) is 0. The van der Waals surface area contributed by atoms with E-state index in [9.17, 15) is 9.18 Å². The van der Waals surface area contributed by atoms with Gasteiger partial charge in [0.25, 0.3) is 0 Å². The Labute approximate surface area is 151 Å². The number of rotatable bonds is 5. The maximum atomic E-state index is 13.2. The Kier molecular flexibility index (Phi) is 6.86. The standard InChI is InChI=1S/C17H22BrFN2O.ClH/c18-15-9-11(1-4-16(15)19)5-6-20-17(22)10-12-7-13-2-3-14(8-12)21-13;/h1,4,9,12-14,21H,2-3,5-8,10H2,(H,20,22);1H. The van der Waals surface area contributed by atoms with Crippen LogP contribution in [0.25, 0.3) is 0 Å². The Morgan fingerprint density at radius 1 is 1.30 bits per heavy atom. The summed E-state index contributed by atoms with van der Waals surface area (Å²) in [6.45, 7) is 0.606. The van der Waals surface area contributed by atoms with Gasteiger partial charge >= 0.3 is 0 Å². The lowest BCUT2D eigenvalue weighted by molar-refractivity contribution is -0.122. The molecule has 0 radical (unpaired) electrons. The third-order valence-corrected chi connectivity index (χ3v) is 5.37. The van der Waals surface area contributed by atoms with Crippen molar-refractivity contribution >= 4 is 34.2 Å². The lowest BCUT2D eigenvalue weighted by Gasteiger charge is -2.28. The van der Waals surface area contributed by atoms with E-state index >= 15 is 0 Å². The van der Waals surface area contributed by atoms with Crippen molar-refractivity contribution < 1.29 is 9.18 Å². The molecule has 2 fully saturated rings. The van der Waals surface area contributed by atoms with Crippen LogP contribution in [0, 0.1) is 11.7 Å². The molecule has 0 saturated carbocycles. The van der Waals surface area contributed by atoms with E-state index in [0.717, 1.165) is 24.8 Å². The summed E-state index contributed by atoms with van der Waals surface area (Å²) in [5, 5.41) is 6.60. The summed E-state index contributed by atoms with van der Waals surface area (Å²) in [5.74, 6) is 0.416. The number of fused-ring (bicyclic) bond motifs is 2. The highest BCUT2D eigenvalue weighted by Crippen LogP contribution is 2.32. The number of nitrogens with one attached hydrogen (secondary N) is 2. The molecule has 2 unspecified atom stereocenters. The average Bonchev–Trinajstić information content (AvgIpc) is 2.82. The van der Waals surface area contributed by atoms with Gasteiger partial charge in [0.1, 0.15) is 5.82 Å². The first-order valence-corrected chi connectivity index (χ1v) is 8.86. The van der Waals surface area contributed by atoms with Crippen molar-refractivity contribution in [2.45, 2.75) is 50.6 Å². The maximum Gasteiger partial charge on any atom is 0.220 e. The summed E-state index contributed by atoms with van der Waals surface area (Å²) >= 11 is 3.18. The second-order valence-corrected chi connectivity index (χ2v) is 7.38. The van der Waals surface area contributed by atoms with Crippen molar-refractivity contribution in [1.29, 1.82) is 0 Å². The zero-order valence-corrected chi connectivity index (χ0v) is 15.4. The van der Waals surface area contributed by atoms with Gasteiger partial charge in [0.2, 0.25) is 5.91 Å². The zero-order valence-electron chi connectivity index (χ0n) is 13.0. The largest absolute Gasteiger partial charge is 0.356 e. The highest BCUT2D eigenvalue weighted by molar-refractivity contribution is 9.10. The second-order valence-electron chi connectivity index (χ2n) is 6.53. The summed E-state index contributed by atoms with van der Waals surface area (Å²) in [5.41, 5.74) is 1.02. The summed E-state index contributed by atoms with van der Waals surface area (Å²) < 4.78 is 13.6. The van der Waals surface area contributed by atoms with E-state index in [0.29, 0.717) is 35.4 Å². The van der Waals surface area contributed by atoms with Gasteiger partial charge in [-0.2, -0.15) is 0 Å². The number of hydrogen-bond acceptors (Lipinski definition) is 2. The van der Waals surface area contributed by atoms with Crippen LogP contribution in [-0.4, -0.2) is 24.5 Å². The van der Waals surface area contributed by atoms with Crippen LogP contribution >= 0.6 is 28.3 Å². The number of hydrogen-bond donors (Lipinski definition) is 2. The molecular formula is C17H23BrClFN2O. The minimum absolute atomic E-state index is 0. The van der Waals surface area contributed by atoms with E-state index in [-0.39, 0.29) is 24.1 Å². The van der Waals surface area contributed by atoms with Crippen LogP contribution in [0.2, 0.25) is 0 Å². The number of piperidine rings is 1. The Morgan fingerprint density at radius 3 is 2.65 bits per heavy atom. The molecular weight excluding hydrogens is 383 g/mol. The zero-order chi connectivity index (χ0) is 15.5. The first-order valence-electron chi connectivity index (χ1n) is 8.07. The maximum absolute atomic E-state index is 13.2. The van der Waals surface area contributed by atoms with Crippen LogP contribution in [-0.2, 0) is 11.2 Å². The monoisotopic (exact) mass is 404 g/mol. The first-order chi connectivity index (χ1) is 10.6. The number of carbonyl (C=O) groups is 1. The minimum atomic E-state index is -0.256. The molecule has 6 heteroatoms. The molecule has 128 valence electrons. The van der Waals surface area contributed by atoms with Crippen molar-refractivity contribution in [2.24, 2.45) is 5.92 Å². The van der Waals surface area contributed by atoms with Gasteiger partial charge in [0, 0.05) is 25.0 Å².